The monoisotopic (exact) mass is 295 g/mol. The number of methoxy groups -OCH3 is 1. The highest BCUT2D eigenvalue weighted by Gasteiger charge is 2.47. The van der Waals surface area contributed by atoms with Crippen molar-refractivity contribution < 1.29 is 24.5 Å². The van der Waals surface area contributed by atoms with Gasteiger partial charge >= 0.3 is 11.9 Å². The first-order chi connectivity index (χ1) is 9.70. The van der Waals surface area contributed by atoms with E-state index in [2.05, 4.69) is 10.3 Å². The Balaban J connectivity index is 1.89. The largest absolute Gasteiger partial charge is 0.447 e. The van der Waals surface area contributed by atoms with E-state index >= 15 is 0 Å². The first-order valence-corrected chi connectivity index (χ1v) is 7.33. The summed E-state index contributed by atoms with van der Waals surface area (Å²) < 4.78 is 5.05. The van der Waals surface area contributed by atoms with Gasteiger partial charge in [-0.15, -0.1) is 11.3 Å². The SMILES string of the molecule is COCC[NH+]1CC2=C(C1=O)[C@H](c1cccs1)[NH+]=C(O)N2. The van der Waals surface area contributed by atoms with Crippen LogP contribution in [0.25, 0.3) is 0 Å². The van der Waals surface area contributed by atoms with E-state index in [1.165, 1.54) is 0 Å². The van der Waals surface area contributed by atoms with Crippen molar-refractivity contribution in [3.63, 3.8) is 0 Å². The molecule has 1 amide bonds. The zero-order chi connectivity index (χ0) is 14.1. The minimum absolute atomic E-state index is 0.00272. The first kappa shape index (κ1) is 13.3. The number of carbonyl (C=O) groups is 1. The summed E-state index contributed by atoms with van der Waals surface area (Å²) in [7, 11) is 1.63. The molecule has 0 fully saturated rings. The molecule has 1 aromatic rings. The Morgan fingerprint density at radius 1 is 1.65 bits per heavy atom. The van der Waals surface area contributed by atoms with E-state index in [-0.39, 0.29) is 18.0 Å². The maximum absolute atomic E-state index is 12.5. The van der Waals surface area contributed by atoms with E-state index in [1.807, 2.05) is 17.5 Å². The lowest BCUT2D eigenvalue weighted by atomic mass is 10.0. The number of amides is 1. The number of ether oxygens (including phenoxy) is 1. The molecule has 1 aromatic heterocycles. The van der Waals surface area contributed by atoms with Crippen molar-refractivity contribution >= 4 is 23.3 Å². The van der Waals surface area contributed by atoms with Crippen LogP contribution in [-0.2, 0) is 9.53 Å². The van der Waals surface area contributed by atoms with Crippen LogP contribution in [-0.4, -0.2) is 43.8 Å². The number of nitrogens with one attached hydrogen (secondary N) is 3. The summed E-state index contributed by atoms with van der Waals surface area (Å²) in [5, 5.41) is 14.6. The summed E-state index contributed by atoms with van der Waals surface area (Å²) in [6.07, 6.45) is 0. The van der Waals surface area contributed by atoms with E-state index in [9.17, 15) is 9.90 Å². The molecule has 7 heteroatoms. The average molecular weight is 295 g/mol. The van der Waals surface area contributed by atoms with Crippen molar-refractivity contribution in [2.75, 3.05) is 26.8 Å². The van der Waals surface area contributed by atoms with Crippen LogP contribution in [0.5, 0.6) is 0 Å². The van der Waals surface area contributed by atoms with Gasteiger partial charge in [-0.05, 0) is 11.4 Å². The maximum atomic E-state index is 12.5. The number of amidine groups is 1. The highest BCUT2D eigenvalue weighted by molar-refractivity contribution is 7.10. The third-order valence-electron chi connectivity index (χ3n) is 3.56. The molecule has 0 bridgehead atoms. The Morgan fingerprint density at radius 3 is 3.20 bits per heavy atom. The molecule has 0 radical (unpaired) electrons. The Bertz CT molecular complexity index is 580. The van der Waals surface area contributed by atoms with Gasteiger partial charge in [-0.2, -0.15) is 0 Å². The van der Waals surface area contributed by atoms with Gasteiger partial charge in [0, 0.05) is 7.11 Å². The van der Waals surface area contributed by atoms with Crippen LogP contribution in [0.15, 0.2) is 28.8 Å². The summed E-state index contributed by atoms with van der Waals surface area (Å²) >= 11 is 1.57. The molecule has 0 aromatic carbocycles. The van der Waals surface area contributed by atoms with Gasteiger partial charge in [-0.1, -0.05) is 6.07 Å². The third kappa shape index (κ3) is 2.24. The fourth-order valence-electron chi connectivity index (χ4n) is 2.62. The molecule has 3 rings (SSSR count). The van der Waals surface area contributed by atoms with Crippen LogP contribution in [0.2, 0.25) is 0 Å². The fourth-order valence-corrected chi connectivity index (χ4v) is 3.40. The molecule has 2 atom stereocenters. The molecule has 20 heavy (non-hydrogen) atoms. The van der Waals surface area contributed by atoms with Crippen LogP contribution < -0.4 is 15.2 Å². The lowest BCUT2D eigenvalue weighted by Crippen LogP contribution is -3.14. The Morgan fingerprint density at radius 2 is 2.50 bits per heavy atom. The van der Waals surface area contributed by atoms with E-state index in [4.69, 9.17) is 4.74 Å². The van der Waals surface area contributed by atoms with Gasteiger partial charge in [0.1, 0.15) is 13.1 Å². The van der Waals surface area contributed by atoms with Gasteiger partial charge in [0.2, 0.25) is 0 Å². The zero-order valence-corrected chi connectivity index (χ0v) is 11.9. The quantitative estimate of drug-likeness (QED) is 0.504. The van der Waals surface area contributed by atoms with Crippen molar-refractivity contribution in [3.8, 4) is 0 Å². The molecule has 2 aliphatic heterocycles. The lowest BCUT2D eigenvalue weighted by Gasteiger charge is -2.12. The Labute approximate surface area is 120 Å². The van der Waals surface area contributed by atoms with Crippen LogP contribution >= 0.6 is 11.3 Å². The number of aliphatic hydroxyl groups excluding tert-OH is 1. The molecule has 4 N–H and O–H groups in total. The Hall–Kier alpha value is -1.70. The maximum Gasteiger partial charge on any atom is 0.445 e. The third-order valence-corrected chi connectivity index (χ3v) is 4.49. The van der Waals surface area contributed by atoms with Gasteiger partial charge in [-0.25, -0.2) is 15.1 Å². The predicted octanol–water partition coefficient (Wildman–Crippen LogP) is -2.29. The molecule has 0 saturated carbocycles. The molecule has 6 nitrogen and oxygen atoms in total. The lowest BCUT2D eigenvalue weighted by molar-refractivity contribution is -0.809. The number of hydrogen-bond donors (Lipinski definition) is 4. The van der Waals surface area contributed by atoms with Crippen LogP contribution in [0.3, 0.4) is 0 Å². The van der Waals surface area contributed by atoms with Gasteiger partial charge in [0.15, 0.2) is 17.3 Å². The first-order valence-electron chi connectivity index (χ1n) is 6.45. The standard InChI is InChI=1S/C13H15N3O3S/c1-19-5-4-16-7-8-10(12(16)17)11(15-13(18)14-8)9-3-2-6-20-9/h2-3,6,11H,4-5,7H2,1H3,(H2,14,15,18)/p+2/t11-/m0/s1. The molecule has 0 spiro atoms. The van der Waals surface area contributed by atoms with Crippen molar-refractivity contribution in [2.24, 2.45) is 0 Å². The topological polar surface area (TPSA) is 77.0 Å². The second-order valence-corrected chi connectivity index (χ2v) is 5.79. The number of thiophene rings is 1. The van der Waals surface area contributed by atoms with Gasteiger partial charge < -0.3 is 9.84 Å². The summed E-state index contributed by atoms with van der Waals surface area (Å²) in [5.41, 5.74) is 1.52. The molecule has 0 saturated heterocycles. The molecule has 2 aliphatic rings. The van der Waals surface area contributed by atoms with E-state index in [0.717, 1.165) is 21.0 Å². The molecule has 1 unspecified atom stereocenters. The van der Waals surface area contributed by atoms with Crippen molar-refractivity contribution in [3.05, 3.63) is 33.7 Å². The van der Waals surface area contributed by atoms with Gasteiger partial charge in [0.25, 0.3) is 0 Å². The normalized spacial score (nSPS) is 25.4. The second-order valence-electron chi connectivity index (χ2n) is 4.81. The average Bonchev–Trinajstić information content (AvgIpc) is 3.04. The molecular formula is C13H17N3O3S+2. The number of quaternary nitrogens is 1. The van der Waals surface area contributed by atoms with Crippen molar-refractivity contribution in [1.29, 1.82) is 0 Å². The van der Waals surface area contributed by atoms with Crippen molar-refractivity contribution in [2.45, 2.75) is 6.04 Å². The highest BCUT2D eigenvalue weighted by atomic mass is 32.1. The highest BCUT2D eigenvalue weighted by Crippen LogP contribution is 2.25. The number of aliphatic hydroxyl groups is 1. The molecule has 0 aliphatic carbocycles. The van der Waals surface area contributed by atoms with Crippen LogP contribution in [0.1, 0.15) is 10.9 Å². The molecular weight excluding hydrogens is 278 g/mol. The summed E-state index contributed by atoms with van der Waals surface area (Å²) in [4.78, 5) is 17.3. The minimum Gasteiger partial charge on any atom is -0.447 e. The van der Waals surface area contributed by atoms with E-state index in [1.54, 1.807) is 18.4 Å². The Kier molecular flexibility index (Phi) is 3.56. The minimum atomic E-state index is -0.265. The van der Waals surface area contributed by atoms with Crippen LogP contribution in [0, 0.1) is 0 Å². The predicted molar refractivity (Wildman–Crippen MR) is 73.4 cm³/mol. The summed E-state index contributed by atoms with van der Waals surface area (Å²) in [6, 6.07) is 3.64. The molecule has 106 valence electrons. The number of carbonyl (C=O) groups excluding carboxylic acids is 1. The summed E-state index contributed by atoms with van der Waals surface area (Å²) in [6.45, 7) is 1.72. The zero-order valence-electron chi connectivity index (χ0n) is 11.1. The number of rotatable bonds is 4. The smallest absolute Gasteiger partial charge is 0.445 e. The fraction of sp³-hybridized carbons (Fsp3) is 0.385. The van der Waals surface area contributed by atoms with Crippen molar-refractivity contribution in [1.82, 2.24) is 5.32 Å². The van der Waals surface area contributed by atoms with Gasteiger partial charge in [0.05, 0.1) is 11.5 Å². The molecule has 3 heterocycles. The van der Waals surface area contributed by atoms with Gasteiger partial charge in [-0.3, -0.25) is 4.90 Å². The van der Waals surface area contributed by atoms with Crippen LogP contribution in [0.4, 0.5) is 0 Å². The summed E-state index contributed by atoms with van der Waals surface area (Å²) in [5.74, 6) is 0.0722. The van der Waals surface area contributed by atoms with E-state index < -0.39 is 0 Å². The number of hydrogen-bond acceptors (Lipinski definition) is 4. The second kappa shape index (κ2) is 5.35. The van der Waals surface area contributed by atoms with E-state index in [0.29, 0.717) is 19.7 Å².